The highest BCUT2D eigenvalue weighted by Gasteiger charge is 2.07. The minimum atomic E-state index is 0.588. The van der Waals surface area contributed by atoms with Gasteiger partial charge in [0.25, 0.3) is 0 Å². The second-order valence-electron chi connectivity index (χ2n) is 6.61. The van der Waals surface area contributed by atoms with Gasteiger partial charge in [0, 0.05) is 24.4 Å². The van der Waals surface area contributed by atoms with Crippen molar-refractivity contribution < 1.29 is 0 Å². The van der Waals surface area contributed by atoms with Gasteiger partial charge in [-0.05, 0) is 24.5 Å². The van der Waals surface area contributed by atoms with E-state index in [0.29, 0.717) is 18.4 Å². The summed E-state index contributed by atoms with van der Waals surface area (Å²) in [5, 5.41) is 6.70. The number of anilines is 2. The quantitative estimate of drug-likeness (QED) is 0.623. The number of nitrogens with one attached hydrogen (secondary N) is 2. The summed E-state index contributed by atoms with van der Waals surface area (Å²) < 4.78 is 0. The number of benzene rings is 1. The average molecular weight is 347 g/mol. The lowest BCUT2D eigenvalue weighted by molar-refractivity contribution is 0.606. The molecule has 0 radical (unpaired) electrons. The van der Waals surface area contributed by atoms with Crippen LogP contribution < -0.4 is 10.6 Å². The lowest BCUT2D eigenvalue weighted by Gasteiger charge is -2.12. The van der Waals surface area contributed by atoms with Gasteiger partial charge in [-0.15, -0.1) is 0 Å². The minimum absolute atomic E-state index is 0.588. The van der Waals surface area contributed by atoms with Crippen LogP contribution >= 0.6 is 0 Å². The highest BCUT2D eigenvalue weighted by molar-refractivity contribution is 5.64. The van der Waals surface area contributed by atoms with E-state index in [9.17, 15) is 0 Å². The molecule has 5 nitrogen and oxygen atoms in total. The van der Waals surface area contributed by atoms with Crippen LogP contribution in [0.25, 0.3) is 11.3 Å². The number of hydrogen-bond acceptors (Lipinski definition) is 5. The molecule has 0 saturated heterocycles. The van der Waals surface area contributed by atoms with Crippen molar-refractivity contribution >= 4 is 11.8 Å². The van der Waals surface area contributed by atoms with Crippen molar-refractivity contribution in [2.24, 2.45) is 5.92 Å². The molecule has 0 bridgehead atoms. The van der Waals surface area contributed by atoms with E-state index in [0.717, 1.165) is 35.7 Å². The predicted octanol–water partition coefficient (Wildman–Crippen LogP) is 4.61. The Morgan fingerprint density at radius 1 is 0.923 bits per heavy atom. The fourth-order valence-electron chi connectivity index (χ4n) is 2.53. The fourth-order valence-corrected chi connectivity index (χ4v) is 2.53. The van der Waals surface area contributed by atoms with Gasteiger partial charge in [0.1, 0.15) is 5.82 Å². The Kier molecular flexibility index (Phi) is 6.14. The van der Waals surface area contributed by atoms with Crippen LogP contribution in [0.5, 0.6) is 0 Å². The molecular formula is C21H25N5. The zero-order valence-corrected chi connectivity index (χ0v) is 15.3. The summed E-state index contributed by atoms with van der Waals surface area (Å²) in [5.41, 5.74) is 2.93. The van der Waals surface area contributed by atoms with Gasteiger partial charge < -0.3 is 10.6 Å². The maximum Gasteiger partial charge on any atom is 0.225 e. The van der Waals surface area contributed by atoms with E-state index in [4.69, 9.17) is 0 Å². The third-order valence-corrected chi connectivity index (χ3v) is 3.98. The lowest BCUT2D eigenvalue weighted by atomic mass is 10.1. The van der Waals surface area contributed by atoms with E-state index in [1.807, 2.05) is 42.5 Å². The van der Waals surface area contributed by atoms with Crippen LogP contribution in [-0.4, -0.2) is 21.5 Å². The normalized spacial score (nSPS) is 10.7. The fraction of sp³-hybridized carbons (Fsp3) is 0.286. The van der Waals surface area contributed by atoms with Gasteiger partial charge in [0.05, 0.1) is 17.9 Å². The molecule has 0 aliphatic heterocycles. The van der Waals surface area contributed by atoms with Crippen molar-refractivity contribution in [3.8, 4) is 11.3 Å². The first-order chi connectivity index (χ1) is 12.7. The summed E-state index contributed by atoms with van der Waals surface area (Å²) in [7, 11) is 0. The average Bonchev–Trinajstić information content (AvgIpc) is 2.67. The third kappa shape index (κ3) is 5.28. The maximum atomic E-state index is 4.67. The summed E-state index contributed by atoms with van der Waals surface area (Å²) in [4.78, 5) is 13.6. The molecule has 0 unspecified atom stereocenters. The molecule has 2 aromatic heterocycles. The summed E-state index contributed by atoms with van der Waals surface area (Å²) in [6.07, 6.45) is 2.89. The van der Waals surface area contributed by atoms with E-state index in [1.54, 1.807) is 6.20 Å². The number of aromatic nitrogens is 3. The Morgan fingerprint density at radius 2 is 1.73 bits per heavy atom. The van der Waals surface area contributed by atoms with Crippen LogP contribution in [0.3, 0.4) is 0 Å². The van der Waals surface area contributed by atoms with E-state index in [2.05, 4.69) is 51.6 Å². The van der Waals surface area contributed by atoms with Gasteiger partial charge >= 0.3 is 0 Å². The molecule has 134 valence electrons. The molecule has 0 atom stereocenters. The van der Waals surface area contributed by atoms with Crippen LogP contribution in [0, 0.1) is 5.92 Å². The first-order valence-electron chi connectivity index (χ1n) is 9.03. The zero-order chi connectivity index (χ0) is 18.2. The Labute approximate surface area is 154 Å². The number of pyridine rings is 1. The van der Waals surface area contributed by atoms with E-state index >= 15 is 0 Å². The molecule has 3 aromatic rings. The molecule has 1 aromatic carbocycles. The molecule has 0 spiro atoms. The Hall–Kier alpha value is -2.95. The SMILES string of the molecule is CC(C)CCNc1cc(-c2ccccc2)nc(NCc2ccccn2)n1. The molecule has 0 fully saturated rings. The van der Waals surface area contributed by atoms with Gasteiger partial charge in [-0.25, -0.2) is 4.98 Å². The van der Waals surface area contributed by atoms with Crippen LogP contribution in [0.4, 0.5) is 11.8 Å². The molecule has 3 rings (SSSR count). The number of nitrogens with zero attached hydrogens (tertiary/aromatic N) is 3. The van der Waals surface area contributed by atoms with Crippen molar-refractivity contribution in [1.29, 1.82) is 0 Å². The molecule has 2 heterocycles. The summed E-state index contributed by atoms with van der Waals surface area (Å²) in [6, 6.07) is 18.0. The van der Waals surface area contributed by atoms with Gasteiger partial charge in [-0.3, -0.25) is 4.98 Å². The smallest absolute Gasteiger partial charge is 0.225 e. The Balaban J connectivity index is 1.80. The highest BCUT2D eigenvalue weighted by Crippen LogP contribution is 2.21. The van der Waals surface area contributed by atoms with Gasteiger partial charge in [0.15, 0.2) is 0 Å². The third-order valence-electron chi connectivity index (χ3n) is 3.98. The van der Waals surface area contributed by atoms with Crippen molar-refractivity contribution in [1.82, 2.24) is 15.0 Å². The standard InChI is InChI=1S/C21H25N5/c1-16(2)11-13-23-20-14-19(17-8-4-3-5-9-17)25-21(26-20)24-15-18-10-6-7-12-22-18/h3-10,12,14,16H,11,13,15H2,1-2H3,(H2,23,24,25,26). The molecule has 26 heavy (non-hydrogen) atoms. The number of hydrogen-bond donors (Lipinski definition) is 2. The summed E-state index contributed by atoms with van der Waals surface area (Å²) >= 11 is 0. The van der Waals surface area contributed by atoms with E-state index in [-0.39, 0.29) is 0 Å². The second kappa shape index (κ2) is 8.94. The predicted molar refractivity (Wildman–Crippen MR) is 107 cm³/mol. The summed E-state index contributed by atoms with van der Waals surface area (Å²) in [6.45, 7) is 5.92. The largest absolute Gasteiger partial charge is 0.370 e. The maximum absolute atomic E-state index is 4.67. The first-order valence-corrected chi connectivity index (χ1v) is 9.03. The molecule has 0 saturated carbocycles. The molecule has 0 aliphatic carbocycles. The van der Waals surface area contributed by atoms with Crippen LogP contribution in [0.1, 0.15) is 26.0 Å². The van der Waals surface area contributed by atoms with Crippen molar-refractivity contribution in [2.75, 3.05) is 17.2 Å². The molecule has 0 amide bonds. The van der Waals surface area contributed by atoms with E-state index < -0.39 is 0 Å². The molecule has 5 heteroatoms. The zero-order valence-electron chi connectivity index (χ0n) is 15.3. The van der Waals surface area contributed by atoms with Gasteiger partial charge in [-0.1, -0.05) is 50.2 Å². The number of rotatable bonds is 8. The van der Waals surface area contributed by atoms with Gasteiger partial charge in [-0.2, -0.15) is 4.98 Å². The minimum Gasteiger partial charge on any atom is -0.370 e. The molecule has 2 N–H and O–H groups in total. The van der Waals surface area contributed by atoms with Crippen molar-refractivity contribution in [2.45, 2.75) is 26.8 Å². The highest BCUT2D eigenvalue weighted by atomic mass is 15.1. The molecular weight excluding hydrogens is 322 g/mol. The van der Waals surface area contributed by atoms with Crippen LogP contribution in [0.15, 0.2) is 60.8 Å². The molecule has 0 aliphatic rings. The van der Waals surface area contributed by atoms with Gasteiger partial charge in [0.2, 0.25) is 5.95 Å². The second-order valence-corrected chi connectivity index (χ2v) is 6.61. The summed E-state index contributed by atoms with van der Waals surface area (Å²) in [5.74, 6) is 2.09. The Morgan fingerprint density at radius 3 is 2.46 bits per heavy atom. The topological polar surface area (TPSA) is 62.7 Å². The van der Waals surface area contributed by atoms with Crippen molar-refractivity contribution in [3.63, 3.8) is 0 Å². The lowest BCUT2D eigenvalue weighted by Crippen LogP contribution is -2.10. The Bertz CT molecular complexity index is 803. The van der Waals surface area contributed by atoms with Crippen LogP contribution in [0.2, 0.25) is 0 Å². The monoisotopic (exact) mass is 347 g/mol. The first kappa shape index (κ1) is 17.9. The van der Waals surface area contributed by atoms with Crippen LogP contribution in [-0.2, 0) is 6.54 Å². The van der Waals surface area contributed by atoms with Crippen molar-refractivity contribution in [3.05, 3.63) is 66.5 Å². The van der Waals surface area contributed by atoms with E-state index in [1.165, 1.54) is 0 Å².